The summed E-state index contributed by atoms with van der Waals surface area (Å²) in [5, 5.41) is 8.19. The second-order valence-corrected chi connectivity index (χ2v) is 7.17. The summed E-state index contributed by atoms with van der Waals surface area (Å²) < 4.78 is 3.43. The van der Waals surface area contributed by atoms with E-state index in [1.807, 2.05) is 6.20 Å². The molecule has 114 valence electrons. The normalized spacial score (nSPS) is 23.4. The van der Waals surface area contributed by atoms with Gasteiger partial charge in [0.2, 0.25) is 0 Å². The molecule has 4 heteroatoms. The summed E-state index contributed by atoms with van der Waals surface area (Å²) in [5.41, 5.74) is 1.43. The van der Waals surface area contributed by atoms with Gasteiger partial charge in [-0.3, -0.25) is 4.68 Å². The molecule has 0 aliphatic heterocycles. The van der Waals surface area contributed by atoms with Crippen molar-refractivity contribution in [1.29, 1.82) is 0 Å². The molecule has 0 amide bonds. The highest BCUT2D eigenvalue weighted by Crippen LogP contribution is 2.40. The van der Waals surface area contributed by atoms with Gasteiger partial charge in [0.25, 0.3) is 0 Å². The van der Waals surface area contributed by atoms with Crippen LogP contribution < -0.4 is 5.32 Å². The third kappa shape index (κ3) is 3.85. The molecule has 1 aromatic rings. The lowest BCUT2D eigenvalue weighted by Gasteiger charge is -2.33. The monoisotopic (exact) mass is 341 g/mol. The van der Waals surface area contributed by atoms with Crippen molar-refractivity contribution in [1.82, 2.24) is 15.1 Å². The Hall–Kier alpha value is -0.350. The zero-order valence-electron chi connectivity index (χ0n) is 13.0. The van der Waals surface area contributed by atoms with Crippen molar-refractivity contribution in [2.24, 2.45) is 5.92 Å². The highest BCUT2D eigenvalue weighted by molar-refractivity contribution is 9.10. The molecule has 2 rings (SSSR count). The van der Waals surface area contributed by atoms with Gasteiger partial charge in [-0.15, -0.1) is 0 Å². The highest BCUT2D eigenvalue weighted by Gasteiger charge is 2.30. The second kappa shape index (κ2) is 7.60. The first kappa shape index (κ1) is 16.0. The predicted molar refractivity (Wildman–Crippen MR) is 88.1 cm³/mol. The van der Waals surface area contributed by atoms with Crippen LogP contribution in [0.3, 0.4) is 0 Å². The van der Waals surface area contributed by atoms with Crippen molar-refractivity contribution >= 4 is 15.9 Å². The molecule has 0 spiro atoms. The van der Waals surface area contributed by atoms with Crippen molar-refractivity contribution < 1.29 is 0 Å². The molecule has 1 heterocycles. The lowest BCUT2D eigenvalue weighted by Crippen LogP contribution is -2.34. The summed E-state index contributed by atoms with van der Waals surface area (Å²) in [4.78, 5) is 0. The molecule has 0 aromatic carbocycles. The van der Waals surface area contributed by atoms with Crippen LogP contribution in [-0.2, 0) is 6.54 Å². The number of rotatable bonds is 6. The Morgan fingerprint density at radius 2 is 2.15 bits per heavy atom. The van der Waals surface area contributed by atoms with Crippen LogP contribution >= 0.6 is 15.9 Å². The SMILES string of the molecule is CCCn1ncc(Br)c1C1CCCCC1CNC(C)C. The number of aromatic nitrogens is 2. The Labute approximate surface area is 131 Å². The van der Waals surface area contributed by atoms with Crippen LogP contribution in [0.5, 0.6) is 0 Å². The zero-order chi connectivity index (χ0) is 14.5. The average molecular weight is 342 g/mol. The Morgan fingerprint density at radius 1 is 1.40 bits per heavy atom. The largest absolute Gasteiger partial charge is 0.314 e. The summed E-state index contributed by atoms with van der Waals surface area (Å²) in [5.74, 6) is 1.40. The topological polar surface area (TPSA) is 29.9 Å². The number of hydrogen-bond donors (Lipinski definition) is 1. The van der Waals surface area contributed by atoms with Crippen molar-refractivity contribution in [2.75, 3.05) is 6.54 Å². The first-order valence-electron chi connectivity index (χ1n) is 8.08. The molecule has 0 radical (unpaired) electrons. The van der Waals surface area contributed by atoms with Gasteiger partial charge < -0.3 is 5.32 Å². The summed E-state index contributed by atoms with van der Waals surface area (Å²) in [7, 11) is 0. The lowest BCUT2D eigenvalue weighted by molar-refractivity contribution is 0.276. The number of nitrogens with zero attached hydrogens (tertiary/aromatic N) is 2. The Kier molecular flexibility index (Phi) is 6.09. The van der Waals surface area contributed by atoms with E-state index in [2.05, 4.69) is 51.8 Å². The van der Waals surface area contributed by atoms with Crippen LogP contribution in [0.1, 0.15) is 64.5 Å². The number of aryl methyl sites for hydroxylation is 1. The number of hydrogen-bond acceptors (Lipinski definition) is 2. The maximum atomic E-state index is 4.56. The molecule has 0 saturated heterocycles. The van der Waals surface area contributed by atoms with E-state index in [1.165, 1.54) is 35.8 Å². The van der Waals surface area contributed by atoms with Gasteiger partial charge in [0.1, 0.15) is 0 Å². The van der Waals surface area contributed by atoms with E-state index in [1.54, 1.807) is 0 Å². The number of nitrogens with one attached hydrogen (secondary N) is 1. The molecule has 1 aliphatic rings. The molecule has 2 unspecified atom stereocenters. The molecule has 1 aromatic heterocycles. The van der Waals surface area contributed by atoms with E-state index in [-0.39, 0.29) is 0 Å². The van der Waals surface area contributed by atoms with Crippen LogP contribution in [0, 0.1) is 5.92 Å². The van der Waals surface area contributed by atoms with E-state index in [0.29, 0.717) is 12.0 Å². The molecule has 3 nitrogen and oxygen atoms in total. The molecule has 0 bridgehead atoms. The summed E-state index contributed by atoms with van der Waals surface area (Å²) in [6.45, 7) is 8.84. The van der Waals surface area contributed by atoms with Gasteiger partial charge in [0.15, 0.2) is 0 Å². The smallest absolute Gasteiger partial charge is 0.0635 e. The molecule has 1 fully saturated rings. The first-order chi connectivity index (χ1) is 9.63. The zero-order valence-corrected chi connectivity index (χ0v) is 14.6. The highest BCUT2D eigenvalue weighted by atomic mass is 79.9. The van der Waals surface area contributed by atoms with Crippen LogP contribution in [0.4, 0.5) is 0 Å². The van der Waals surface area contributed by atoms with Gasteiger partial charge in [-0.25, -0.2) is 0 Å². The standard InChI is InChI=1S/C16H28BrN3/c1-4-9-20-16(15(17)11-19-20)14-8-6-5-7-13(14)10-18-12(2)3/h11-14,18H,4-10H2,1-3H3. The van der Waals surface area contributed by atoms with Crippen LogP contribution in [0.25, 0.3) is 0 Å². The Bertz CT molecular complexity index is 414. The van der Waals surface area contributed by atoms with Crippen LogP contribution in [-0.4, -0.2) is 22.4 Å². The minimum absolute atomic E-state index is 0.571. The van der Waals surface area contributed by atoms with Crippen molar-refractivity contribution in [3.8, 4) is 0 Å². The van der Waals surface area contributed by atoms with Gasteiger partial charge in [-0.2, -0.15) is 5.10 Å². The van der Waals surface area contributed by atoms with Gasteiger partial charge >= 0.3 is 0 Å². The lowest BCUT2D eigenvalue weighted by atomic mass is 9.77. The third-order valence-corrected chi connectivity index (χ3v) is 4.93. The van der Waals surface area contributed by atoms with Crippen LogP contribution in [0.2, 0.25) is 0 Å². The average Bonchev–Trinajstić information content (AvgIpc) is 2.78. The summed E-state index contributed by atoms with van der Waals surface area (Å²) >= 11 is 3.73. The Morgan fingerprint density at radius 3 is 2.85 bits per heavy atom. The van der Waals surface area contributed by atoms with E-state index in [0.717, 1.165) is 25.4 Å². The fourth-order valence-electron chi connectivity index (χ4n) is 3.33. The van der Waals surface area contributed by atoms with Gasteiger partial charge in [0.05, 0.1) is 16.4 Å². The van der Waals surface area contributed by atoms with E-state index in [9.17, 15) is 0 Å². The fourth-order valence-corrected chi connectivity index (χ4v) is 3.92. The molecule has 1 N–H and O–H groups in total. The minimum Gasteiger partial charge on any atom is -0.314 e. The van der Waals surface area contributed by atoms with Crippen molar-refractivity contribution in [3.05, 3.63) is 16.4 Å². The minimum atomic E-state index is 0.571. The van der Waals surface area contributed by atoms with Gasteiger partial charge in [-0.05, 0) is 47.7 Å². The van der Waals surface area contributed by atoms with E-state index >= 15 is 0 Å². The molecule has 20 heavy (non-hydrogen) atoms. The van der Waals surface area contributed by atoms with Gasteiger partial charge in [-0.1, -0.05) is 33.6 Å². The summed E-state index contributed by atoms with van der Waals surface area (Å²) in [6.07, 6.45) is 8.49. The Balaban J connectivity index is 2.16. The molecular formula is C16H28BrN3. The van der Waals surface area contributed by atoms with E-state index in [4.69, 9.17) is 0 Å². The third-order valence-electron chi connectivity index (χ3n) is 4.32. The van der Waals surface area contributed by atoms with Crippen molar-refractivity contribution in [3.63, 3.8) is 0 Å². The maximum absolute atomic E-state index is 4.56. The fraction of sp³-hybridized carbons (Fsp3) is 0.812. The molecule has 2 atom stereocenters. The molecular weight excluding hydrogens is 314 g/mol. The van der Waals surface area contributed by atoms with E-state index < -0.39 is 0 Å². The number of halogens is 1. The predicted octanol–water partition coefficient (Wildman–Crippen LogP) is 4.33. The first-order valence-corrected chi connectivity index (χ1v) is 8.87. The van der Waals surface area contributed by atoms with Crippen molar-refractivity contribution in [2.45, 2.75) is 71.4 Å². The maximum Gasteiger partial charge on any atom is 0.0635 e. The van der Waals surface area contributed by atoms with Gasteiger partial charge in [0, 0.05) is 18.5 Å². The molecule has 1 saturated carbocycles. The quantitative estimate of drug-likeness (QED) is 0.834. The summed E-state index contributed by atoms with van der Waals surface area (Å²) in [6, 6.07) is 0.571. The van der Waals surface area contributed by atoms with Crippen LogP contribution in [0.15, 0.2) is 10.7 Å². The second-order valence-electron chi connectivity index (χ2n) is 6.31. The molecule has 1 aliphatic carbocycles.